The number of hydrogen-bond acceptors (Lipinski definition) is 7. The van der Waals surface area contributed by atoms with Crippen LogP contribution in [0.3, 0.4) is 0 Å². The summed E-state index contributed by atoms with van der Waals surface area (Å²) < 4.78 is 22.3. The Morgan fingerprint density at radius 2 is 1.92 bits per heavy atom. The van der Waals surface area contributed by atoms with Crippen molar-refractivity contribution in [3.63, 3.8) is 0 Å². The summed E-state index contributed by atoms with van der Waals surface area (Å²) in [5, 5.41) is 25.7. The number of esters is 1. The van der Waals surface area contributed by atoms with Crippen LogP contribution < -0.4 is 5.32 Å². The molecule has 37 heavy (non-hydrogen) atoms. The number of halogens is 1. The van der Waals surface area contributed by atoms with Crippen LogP contribution in [-0.2, 0) is 23.9 Å². The van der Waals surface area contributed by atoms with Crippen molar-refractivity contribution < 1.29 is 38.5 Å². The van der Waals surface area contributed by atoms with Crippen molar-refractivity contribution in [3.8, 4) is 0 Å². The van der Waals surface area contributed by atoms with E-state index in [0.717, 1.165) is 0 Å². The zero-order valence-electron chi connectivity index (χ0n) is 22.0. The summed E-state index contributed by atoms with van der Waals surface area (Å²) in [4.78, 5) is 48.9. The fourth-order valence-corrected chi connectivity index (χ4v) is 7.99. The summed E-state index contributed by atoms with van der Waals surface area (Å²) in [7, 11) is 1.50. The normalized spacial score (nSPS) is 42.2. The molecule has 0 aromatic heterocycles. The molecule has 8 nitrogen and oxygen atoms in total. The van der Waals surface area contributed by atoms with E-state index in [1.54, 1.807) is 26.8 Å². The van der Waals surface area contributed by atoms with Crippen LogP contribution in [0.4, 0.5) is 4.39 Å². The first-order valence-electron chi connectivity index (χ1n) is 13.2. The van der Waals surface area contributed by atoms with Crippen LogP contribution in [0.1, 0.15) is 65.7 Å². The van der Waals surface area contributed by atoms with Crippen LogP contribution in [0.15, 0.2) is 23.8 Å². The first-order chi connectivity index (χ1) is 17.3. The molecule has 1 amide bonds. The van der Waals surface area contributed by atoms with Gasteiger partial charge in [-0.25, -0.2) is 4.39 Å². The fourth-order valence-electron chi connectivity index (χ4n) is 7.99. The fraction of sp³-hybridized carbons (Fsp3) is 0.714. The molecule has 0 saturated heterocycles. The minimum atomic E-state index is -2.05. The van der Waals surface area contributed by atoms with Crippen molar-refractivity contribution in [1.82, 2.24) is 5.32 Å². The molecule has 4 rings (SSSR count). The summed E-state index contributed by atoms with van der Waals surface area (Å²) >= 11 is 0. The highest BCUT2D eigenvalue weighted by Crippen LogP contribution is 2.70. The van der Waals surface area contributed by atoms with E-state index >= 15 is 4.39 Å². The van der Waals surface area contributed by atoms with Gasteiger partial charge in [-0.15, -0.1) is 0 Å². The van der Waals surface area contributed by atoms with Crippen LogP contribution in [0.25, 0.3) is 0 Å². The first-order valence-corrected chi connectivity index (χ1v) is 13.2. The van der Waals surface area contributed by atoms with Crippen molar-refractivity contribution in [3.05, 3.63) is 23.8 Å². The second kappa shape index (κ2) is 9.42. The van der Waals surface area contributed by atoms with Gasteiger partial charge in [-0.2, -0.15) is 0 Å². The van der Waals surface area contributed by atoms with Gasteiger partial charge in [0.25, 0.3) is 0 Å². The van der Waals surface area contributed by atoms with E-state index in [4.69, 9.17) is 4.74 Å². The van der Waals surface area contributed by atoms with Crippen LogP contribution in [0, 0.1) is 28.6 Å². The average molecular weight is 520 g/mol. The summed E-state index contributed by atoms with van der Waals surface area (Å²) in [5.74, 6) is -3.25. The van der Waals surface area contributed by atoms with Gasteiger partial charge in [0, 0.05) is 36.6 Å². The molecular weight excluding hydrogens is 481 g/mol. The zero-order chi connectivity index (χ0) is 27.4. The highest BCUT2D eigenvalue weighted by molar-refractivity contribution is 6.01. The second-order valence-corrected chi connectivity index (χ2v) is 11.8. The molecule has 204 valence electrons. The molecule has 3 N–H and O–H groups in total. The standard InChI is InChI=1S/C28H38FNO7/c1-16-12-20-19-9-8-17-13-18(31)10-11-25(17,2)27(19,29)21(32)14-26(20,3)28(16,36)22(33)15-37-24(35)7-5-6-23(34)30-4/h10-11,13,16,19-21,32,36H,5-9,12,14-15H2,1-4H3,(H,30,34)/t16-,19+,20+,21+,25+,26+,27+,28+/m1/s1. The third-order valence-corrected chi connectivity index (χ3v) is 10.1. The Bertz CT molecular complexity index is 1070. The SMILES string of the molecule is CNC(=O)CCCC(=O)OCC(=O)[C@@]1(O)[C@H](C)C[C@H]2[C@@H]3CCC4=CC(=O)C=C[C@]4(C)[C@@]3(F)[C@@H](O)C[C@@]21C. The predicted octanol–water partition coefficient (Wildman–Crippen LogP) is 2.36. The van der Waals surface area contributed by atoms with Gasteiger partial charge in [-0.1, -0.05) is 25.5 Å². The topological polar surface area (TPSA) is 130 Å². The lowest BCUT2D eigenvalue weighted by Crippen LogP contribution is -2.69. The summed E-state index contributed by atoms with van der Waals surface area (Å²) in [6.07, 6.45) is 4.46. The summed E-state index contributed by atoms with van der Waals surface area (Å²) in [6, 6.07) is 0. The number of carbonyl (C=O) groups is 4. The second-order valence-electron chi connectivity index (χ2n) is 11.8. The molecule has 0 heterocycles. The molecule has 0 radical (unpaired) electrons. The van der Waals surface area contributed by atoms with Gasteiger partial charge in [-0.3, -0.25) is 19.2 Å². The summed E-state index contributed by atoms with van der Waals surface area (Å²) in [5.41, 5.74) is -5.56. The van der Waals surface area contributed by atoms with Crippen molar-refractivity contribution in [2.45, 2.75) is 83.1 Å². The molecule has 0 aromatic rings. The number of ketones is 2. The third kappa shape index (κ3) is 3.92. The van der Waals surface area contributed by atoms with Crippen molar-refractivity contribution in [1.29, 1.82) is 0 Å². The quantitative estimate of drug-likeness (QED) is 0.440. The Kier molecular flexibility index (Phi) is 7.03. The molecule has 9 heteroatoms. The Morgan fingerprint density at radius 3 is 2.59 bits per heavy atom. The highest BCUT2D eigenvalue weighted by Gasteiger charge is 2.75. The Hall–Kier alpha value is -2.39. The molecule has 4 aliphatic carbocycles. The molecule has 3 saturated carbocycles. The Morgan fingerprint density at radius 1 is 1.22 bits per heavy atom. The number of nitrogens with one attached hydrogen (secondary N) is 1. The van der Waals surface area contributed by atoms with Gasteiger partial charge in [0.15, 0.2) is 18.1 Å². The number of hydrogen-bond donors (Lipinski definition) is 3. The van der Waals surface area contributed by atoms with Crippen molar-refractivity contribution >= 4 is 23.4 Å². The number of alkyl halides is 1. The van der Waals surface area contributed by atoms with E-state index in [2.05, 4.69) is 5.32 Å². The predicted molar refractivity (Wildman–Crippen MR) is 132 cm³/mol. The van der Waals surface area contributed by atoms with Crippen LogP contribution >= 0.6 is 0 Å². The third-order valence-electron chi connectivity index (χ3n) is 10.1. The maximum Gasteiger partial charge on any atom is 0.306 e. The van der Waals surface area contributed by atoms with Crippen molar-refractivity contribution in [2.75, 3.05) is 13.7 Å². The number of carbonyl (C=O) groups excluding carboxylic acids is 4. The number of allylic oxidation sites excluding steroid dienone is 4. The minimum absolute atomic E-state index is 0.0375. The molecule has 4 aliphatic rings. The van der Waals surface area contributed by atoms with E-state index in [1.165, 1.54) is 19.2 Å². The van der Waals surface area contributed by atoms with Crippen LogP contribution in [0.5, 0.6) is 0 Å². The molecule has 0 aliphatic heterocycles. The van der Waals surface area contributed by atoms with Gasteiger partial charge in [-0.05, 0) is 63.0 Å². The van der Waals surface area contributed by atoms with Crippen LogP contribution in [-0.4, -0.2) is 64.7 Å². The number of rotatable bonds is 7. The van der Waals surface area contributed by atoms with Gasteiger partial charge < -0.3 is 20.3 Å². The van der Waals surface area contributed by atoms with Crippen molar-refractivity contribution in [2.24, 2.45) is 28.6 Å². The minimum Gasteiger partial charge on any atom is -0.458 e. The molecular formula is C28H38FNO7. The lowest BCUT2D eigenvalue weighted by Gasteiger charge is -2.62. The molecule has 8 atom stereocenters. The molecule has 0 aromatic carbocycles. The lowest BCUT2D eigenvalue weighted by molar-refractivity contribution is -0.220. The number of aliphatic hydroxyl groups is 2. The van der Waals surface area contributed by atoms with E-state index in [1.807, 2.05) is 0 Å². The van der Waals surface area contributed by atoms with E-state index in [0.29, 0.717) is 24.8 Å². The number of fused-ring (bicyclic) bond motifs is 5. The van der Waals surface area contributed by atoms with E-state index in [-0.39, 0.29) is 37.4 Å². The Balaban J connectivity index is 1.54. The molecule has 0 unspecified atom stereocenters. The van der Waals surface area contributed by atoms with E-state index in [9.17, 15) is 29.4 Å². The monoisotopic (exact) mass is 519 g/mol. The zero-order valence-corrected chi connectivity index (χ0v) is 22.0. The van der Waals surface area contributed by atoms with Gasteiger partial charge in [0.2, 0.25) is 11.7 Å². The van der Waals surface area contributed by atoms with Gasteiger partial charge >= 0.3 is 5.97 Å². The lowest BCUT2D eigenvalue weighted by atomic mass is 9.44. The number of aliphatic hydroxyl groups excluding tert-OH is 1. The largest absolute Gasteiger partial charge is 0.458 e. The van der Waals surface area contributed by atoms with Gasteiger partial charge in [0.05, 0.1) is 6.10 Å². The number of amides is 1. The average Bonchev–Trinajstić information content (AvgIpc) is 3.05. The first kappa shape index (κ1) is 27.6. The molecule has 0 spiro atoms. The number of ether oxygens (including phenoxy) is 1. The van der Waals surface area contributed by atoms with E-state index < -0.39 is 64.3 Å². The molecule has 3 fully saturated rings. The maximum atomic E-state index is 17.2. The van der Waals surface area contributed by atoms with Gasteiger partial charge in [0.1, 0.15) is 5.60 Å². The highest BCUT2D eigenvalue weighted by atomic mass is 19.1. The maximum absolute atomic E-state index is 17.2. The summed E-state index contributed by atoms with van der Waals surface area (Å²) in [6.45, 7) is 4.58. The molecule has 0 bridgehead atoms. The number of Topliss-reactive ketones (excluding diaryl/α,β-unsaturated/α-hetero) is 1. The Labute approximate surface area is 216 Å². The smallest absolute Gasteiger partial charge is 0.306 e. The van der Waals surface area contributed by atoms with Crippen LogP contribution in [0.2, 0.25) is 0 Å².